The fourth-order valence-electron chi connectivity index (χ4n) is 3.82. The van der Waals surface area contributed by atoms with E-state index in [0.717, 1.165) is 38.5 Å². The Morgan fingerprint density at radius 1 is 0.480 bits per heavy atom. The van der Waals surface area contributed by atoms with Gasteiger partial charge in [-0.2, -0.15) is 0 Å². The number of carbonyl (C=O) groups excluding carboxylic acids is 4. The lowest BCUT2D eigenvalue weighted by molar-refractivity contribution is -0.161. The van der Waals surface area contributed by atoms with Crippen molar-refractivity contribution in [1.29, 1.82) is 0 Å². The molecule has 0 aliphatic rings. The molecule has 0 saturated heterocycles. The highest BCUT2D eigenvalue weighted by atomic mass is 31.2. The number of carbonyl (C=O) groups is 4. The Hall–Kier alpha value is -1.94. The third-order valence-corrected chi connectivity index (χ3v) is 8.47. The quantitative estimate of drug-likeness (QED) is 0.0351. The highest BCUT2D eigenvalue weighted by Crippen LogP contribution is 2.45. The van der Waals surface area contributed by atoms with Gasteiger partial charge in [-0.25, -0.2) is 9.13 Å². The maximum absolute atomic E-state index is 12.4. The second-order valence-corrected chi connectivity index (χ2v) is 14.4. The zero-order valence-electron chi connectivity index (χ0n) is 29.8. The first-order valence-electron chi connectivity index (χ1n) is 17.3. The second-order valence-electron chi connectivity index (χ2n) is 11.5. The topological polar surface area (TPSA) is 237 Å². The van der Waals surface area contributed by atoms with Crippen LogP contribution in [0.3, 0.4) is 0 Å². The number of esters is 4. The lowest BCUT2D eigenvalue weighted by atomic mass is 10.2. The number of ether oxygens (including phenoxy) is 4. The van der Waals surface area contributed by atoms with Crippen molar-refractivity contribution in [2.75, 3.05) is 39.6 Å². The van der Waals surface area contributed by atoms with Gasteiger partial charge < -0.3 is 33.8 Å². The predicted octanol–water partition coefficient (Wildman–Crippen LogP) is 5.07. The number of aliphatic hydroxyl groups is 1. The summed E-state index contributed by atoms with van der Waals surface area (Å²) in [7, 11) is -9.74. The van der Waals surface area contributed by atoms with Gasteiger partial charge in [-0.3, -0.25) is 37.3 Å². The number of rotatable bonds is 32. The number of unbranched alkanes of at least 4 members (excludes halogenated alkanes) is 6. The van der Waals surface area contributed by atoms with E-state index in [1.807, 2.05) is 20.8 Å². The summed E-state index contributed by atoms with van der Waals surface area (Å²) in [5, 5.41) is 10.1. The minimum absolute atomic E-state index is 0.0523. The van der Waals surface area contributed by atoms with E-state index < -0.39 is 97.5 Å². The van der Waals surface area contributed by atoms with E-state index in [2.05, 4.69) is 0 Å². The van der Waals surface area contributed by atoms with Gasteiger partial charge in [0.15, 0.2) is 12.2 Å². The molecule has 2 unspecified atom stereocenters. The summed E-state index contributed by atoms with van der Waals surface area (Å²) in [6, 6.07) is 0. The normalized spacial score (nSPS) is 15.6. The zero-order valence-corrected chi connectivity index (χ0v) is 31.6. The van der Waals surface area contributed by atoms with Gasteiger partial charge >= 0.3 is 39.5 Å². The molecule has 0 heterocycles. The molecular formula is C31H58O17P2. The number of hydrogen-bond donors (Lipinski definition) is 3. The van der Waals surface area contributed by atoms with Crippen molar-refractivity contribution in [2.45, 2.75) is 136 Å². The fraction of sp³-hybridized carbons (Fsp3) is 0.871. The van der Waals surface area contributed by atoms with Crippen LogP contribution < -0.4 is 0 Å². The highest BCUT2D eigenvalue weighted by molar-refractivity contribution is 7.47. The summed E-state index contributed by atoms with van der Waals surface area (Å²) in [6.45, 7) is 3.61. The summed E-state index contributed by atoms with van der Waals surface area (Å²) in [5.41, 5.74) is 0. The predicted molar refractivity (Wildman–Crippen MR) is 178 cm³/mol. The standard InChI is InChI=1S/C31H58O17P2/c1-5-9-12-14-18-29(34)42-21-26(47-30(35)15-8-4)23-45-49(37,38)43-19-25(32)20-44-50(39,40)46-24-27(48-31(36)16-11-7-3)22-41-28(33)17-13-10-6-2/h25-27,32H,5-24H2,1-4H3,(H,37,38)(H,39,40)/t25-,26+,27+/m0/s1. The molecule has 0 radical (unpaired) electrons. The second kappa shape index (κ2) is 28.6. The van der Waals surface area contributed by atoms with E-state index in [1.165, 1.54) is 0 Å². The first-order valence-corrected chi connectivity index (χ1v) is 20.3. The third kappa shape index (κ3) is 27.7. The Morgan fingerprint density at radius 2 is 0.860 bits per heavy atom. The van der Waals surface area contributed by atoms with Crippen LogP contribution in [0.15, 0.2) is 0 Å². The van der Waals surface area contributed by atoms with Crippen molar-refractivity contribution in [1.82, 2.24) is 0 Å². The summed E-state index contributed by atoms with van der Waals surface area (Å²) in [6.07, 6.45) is 3.78. The van der Waals surface area contributed by atoms with Gasteiger partial charge in [-0.05, 0) is 25.7 Å². The molecule has 50 heavy (non-hydrogen) atoms. The summed E-state index contributed by atoms with van der Waals surface area (Å²) >= 11 is 0. The maximum Gasteiger partial charge on any atom is 0.472 e. The summed E-state index contributed by atoms with van der Waals surface area (Å²) in [5.74, 6) is -2.32. The maximum atomic E-state index is 12.4. The lowest BCUT2D eigenvalue weighted by Gasteiger charge is -2.21. The molecule has 0 fully saturated rings. The molecule has 0 aliphatic carbocycles. The Labute approximate surface area is 295 Å². The zero-order chi connectivity index (χ0) is 37.8. The molecule has 19 heteroatoms. The molecule has 0 aromatic carbocycles. The summed E-state index contributed by atoms with van der Waals surface area (Å²) in [4.78, 5) is 68.2. The third-order valence-electron chi connectivity index (χ3n) is 6.57. The minimum atomic E-state index is -4.87. The largest absolute Gasteiger partial charge is 0.472 e. The molecule has 0 aromatic rings. The molecule has 3 N–H and O–H groups in total. The van der Waals surface area contributed by atoms with E-state index in [1.54, 1.807) is 6.92 Å². The Bertz CT molecular complexity index is 1060. The SMILES string of the molecule is CCCCCCC(=O)OC[C@H](COP(=O)(O)OC[C@H](O)COP(=O)(O)OC[C@@H](COC(=O)CCCCC)OC(=O)CCCC)OC(=O)CCC. The van der Waals surface area contributed by atoms with Crippen molar-refractivity contribution in [3.05, 3.63) is 0 Å². The molecule has 0 amide bonds. The van der Waals surface area contributed by atoms with E-state index >= 15 is 0 Å². The van der Waals surface area contributed by atoms with Crippen LogP contribution in [0.1, 0.15) is 118 Å². The molecule has 0 spiro atoms. The molecule has 17 nitrogen and oxygen atoms in total. The van der Waals surface area contributed by atoms with Gasteiger partial charge in [0.05, 0.1) is 26.4 Å². The van der Waals surface area contributed by atoms with Crippen LogP contribution in [0.5, 0.6) is 0 Å². The molecule has 5 atom stereocenters. The average Bonchev–Trinajstić information content (AvgIpc) is 3.06. The molecule has 0 aliphatic heterocycles. The van der Waals surface area contributed by atoms with Crippen molar-refractivity contribution in [2.24, 2.45) is 0 Å². The number of phosphoric ester groups is 2. The first kappa shape index (κ1) is 48.1. The van der Waals surface area contributed by atoms with E-state index in [0.29, 0.717) is 25.7 Å². The van der Waals surface area contributed by atoms with Gasteiger partial charge in [-0.1, -0.05) is 66.2 Å². The molecule has 0 bridgehead atoms. The monoisotopic (exact) mass is 764 g/mol. The molecule has 294 valence electrons. The summed E-state index contributed by atoms with van der Waals surface area (Å²) < 4.78 is 64.6. The average molecular weight is 765 g/mol. The van der Waals surface area contributed by atoms with E-state index in [-0.39, 0.29) is 25.7 Å². The smallest absolute Gasteiger partial charge is 0.462 e. The highest BCUT2D eigenvalue weighted by Gasteiger charge is 2.30. The fourth-order valence-corrected chi connectivity index (χ4v) is 5.40. The van der Waals surface area contributed by atoms with Crippen molar-refractivity contribution < 1.29 is 80.2 Å². The Balaban J connectivity index is 4.91. The Morgan fingerprint density at radius 3 is 1.30 bits per heavy atom. The first-order chi connectivity index (χ1) is 23.7. The van der Waals surface area contributed by atoms with Crippen molar-refractivity contribution in [3.63, 3.8) is 0 Å². The van der Waals surface area contributed by atoms with Gasteiger partial charge in [0.25, 0.3) is 0 Å². The van der Waals surface area contributed by atoms with Crippen LogP contribution >= 0.6 is 15.6 Å². The van der Waals surface area contributed by atoms with Crippen molar-refractivity contribution >= 4 is 39.5 Å². The number of phosphoric acid groups is 2. The lowest BCUT2D eigenvalue weighted by Crippen LogP contribution is -2.30. The number of aliphatic hydroxyl groups excluding tert-OH is 1. The van der Waals surface area contributed by atoms with E-state index in [4.69, 9.17) is 37.0 Å². The molecule has 0 rings (SSSR count). The van der Waals surface area contributed by atoms with Gasteiger partial charge in [0.2, 0.25) is 0 Å². The van der Waals surface area contributed by atoms with E-state index in [9.17, 15) is 43.2 Å². The van der Waals surface area contributed by atoms with Gasteiger partial charge in [0.1, 0.15) is 19.3 Å². The van der Waals surface area contributed by atoms with Gasteiger partial charge in [-0.15, -0.1) is 0 Å². The molecule has 0 saturated carbocycles. The number of hydrogen-bond acceptors (Lipinski definition) is 15. The van der Waals surface area contributed by atoms with Crippen LogP contribution in [-0.2, 0) is 65.4 Å². The van der Waals surface area contributed by atoms with Crippen LogP contribution in [0.2, 0.25) is 0 Å². The van der Waals surface area contributed by atoms with Gasteiger partial charge in [0, 0.05) is 25.7 Å². The van der Waals surface area contributed by atoms with Crippen LogP contribution in [-0.4, -0.2) is 96.7 Å². The van der Waals surface area contributed by atoms with Crippen LogP contribution in [0, 0.1) is 0 Å². The molecule has 0 aromatic heterocycles. The Kier molecular flexibility index (Phi) is 27.5. The van der Waals surface area contributed by atoms with Crippen LogP contribution in [0.4, 0.5) is 0 Å². The van der Waals surface area contributed by atoms with Crippen LogP contribution in [0.25, 0.3) is 0 Å². The van der Waals surface area contributed by atoms with Crippen molar-refractivity contribution in [3.8, 4) is 0 Å². The minimum Gasteiger partial charge on any atom is -0.462 e. The molecular weight excluding hydrogens is 706 g/mol.